The van der Waals surface area contributed by atoms with Crippen LogP contribution in [0.5, 0.6) is 11.8 Å². The molecule has 44 heavy (non-hydrogen) atoms. The molecule has 4 heterocycles. The molecule has 0 radical (unpaired) electrons. The number of rotatable bonds is 9. The van der Waals surface area contributed by atoms with Crippen LogP contribution in [0.1, 0.15) is 37.3 Å². The van der Waals surface area contributed by atoms with E-state index < -0.39 is 0 Å². The van der Waals surface area contributed by atoms with E-state index in [1.54, 1.807) is 11.0 Å². The van der Waals surface area contributed by atoms with Crippen molar-refractivity contribution in [2.24, 2.45) is 0 Å². The molecule has 2 aliphatic heterocycles. The highest BCUT2D eigenvalue weighted by atomic mass is 16.5. The number of fused-ring (bicyclic) bond motifs is 2. The van der Waals surface area contributed by atoms with E-state index in [9.17, 15) is 15.2 Å². The summed E-state index contributed by atoms with van der Waals surface area (Å²) in [4.78, 5) is 28.8. The van der Waals surface area contributed by atoms with Gasteiger partial charge >= 0.3 is 6.01 Å². The van der Waals surface area contributed by atoms with Crippen molar-refractivity contribution < 1.29 is 14.6 Å². The third-order valence-electron chi connectivity index (χ3n) is 9.05. The Morgan fingerprint density at radius 2 is 2.02 bits per heavy atom. The molecule has 2 unspecified atom stereocenters. The van der Waals surface area contributed by atoms with E-state index >= 15 is 0 Å². The van der Waals surface area contributed by atoms with E-state index in [-0.39, 0.29) is 24.1 Å². The maximum atomic E-state index is 12.6. The Labute approximate surface area is 257 Å². The van der Waals surface area contributed by atoms with Crippen LogP contribution in [0, 0.1) is 11.3 Å². The fourth-order valence-electron chi connectivity index (χ4n) is 6.71. The molecule has 2 saturated heterocycles. The number of carbonyl (C=O) groups excluding carboxylic acids is 1. The number of aryl methyl sites for hydroxylation is 1. The Kier molecular flexibility index (Phi) is 8.40. The molecule has 0 aliphatic carbocycles. The molecule has 10 heteroatoms. The van der Waals surface area contributed by atoms with E-state index in [1.165, 1.54) is 6.08 Å². The number of carbonyl (C=O) groups is 1. The predicted molar refractivity (Wildman–Crippen MR) is 171 cm³/mol. The van der Waals surface area contributed by atoms with Crippen molar-refractivity contribution in [3.63, 3.8) is 0 Å². The van der Waals surface area contributed by atoms with E-state index in [2.05, 4.69) is 53.2 Å². The quantitative estimate of drug-likeness (QED) is 0.283. The van der Waals surface area contributed by atoms with E-state index in [4.69, 9.17) is 14.7 Å². The second-order valence-electron chi connectivity index (χ2n) is 11.8. The number of anilines is 1. The zero-order valence-electron chi connectivity index (χ0n) is 25.4. The van der Waals surface area contributed by atoms with Gasteiger partial charge in [0.15, 0.2) is 5.82 Å². The Bertz CT molecular complexity index is 1740. The lowest BCUT2D eigenvalue weighted by atomic mass is 9.99. The number of likely N-dealkylation sites (N-methyl/N-ethyl adjacent to an activating group) is 1. The van der Waals surface area contributed by atoms with Crippen molar-refractivity contribution in [1.29, 1.82) is 5.26 Å². The van der Waals surface area contributed by atoms with Gasteiger partial charge in [0.25, 0.3) is 0 Å². The Balaban J connectivity index is 1.44. The van der Waals surface area contributed by atoms with Gasteiger partial charge in [0.2, 0.25) is 5.91 Å². The molecule has 1 N–H and O–H groups in total. The Hall–Kier alpha value is -4.62. The van der Waals surface area contributed by atoms with Gasteiger partial charge in [-0.15, -0.1) is 0 Å². The number of ether oxygens (including phenoxy) is 1. The molecule has 0 spiro atoms. The summed E-state index contributed by atoms with van der Waals surface area (Å²) >= 11 is 0. The van der Waals surface area contributed by atoms with Crippen molar-refractivity contribution in [3.05, 3.63) is 66.4 Å². The second kappa shape index (κ2) is 12.5. The van der Waals surface area contributed by atoms with Crippen LogP contribution in [0.2, 0.25) is 0 Å². The smallest absolute Gasteiger partial charge is 0.319 e. The molecule has 0 saturated carbocycles. The van der Waals surface area contributed by atoms with Crippen LogP contribution in [-0.2, 0) is 17.8 Å². The molecule has 2 aromatic heterocycles. The summed E-state index contributed by atoms with van der Waals surface area (Å²) in [6.07, 6.45) is 6.44. The van der Waals surface area contributed by atoms with Crippen LogP contribution in [-0.4, -0.2) is 87.3 Å². The molecule has 2 fully saturated rings. The number of hydrogen-bond donors (Lipinski definition) is 1. The summed E-state index contributed by atoms with van der Waals surface area (Å²) in [6, 6.07) is 14.3. The lowest BCUT2D eigenvalue weighted by Gasteiger charge is -2.41. The first-order valence-corrected chi connectivity index (χ1v) is 15.4. The van der Waals surface area contributed by atoms with Crippen LogP contribution in [0.25, 0.3) is 21.8 Å². The van der Waals surface area contributed by atoms with Gasteiger partial charge in [0.1, 0.15) is 23.4 Å². The van der Waals surface area contributed by atoms with Crippen molar-refractivity contribution in [2.45, 2.75) is 51.2 Å². The minimum absolute atomic E-state index is 0.167. The molecule has 10 nitrogen and oxygen atoms in total. The van der Waals surface area contributed by atoms with Crippen molar-refractivity contribution in [2.75, 3.05) is 44.7 Å². The number of aromatic hydroxyl groups is 1. The first-order valence-electron chi connectivity index (χ1n) is 15.4. The third kappa shape index (κ3) is 5.67. The molecule has 2 atom stereocenters. The minimum atomic E-state index is -0.288. The number of nitrogens with zero attached hydrogens (tertiary/aromatic N) is 7. The van der Waals surface area contributed by atoms with Gasteiger partial charge in [-0.25, -0.2) is 0 Å². The lowest BCUT2D eigenvalue weighted by molar-refractivity contribution is -0.128. The summed E-state index contributed by atoms with van der Waals surface area (Å²) in [5.74, 6) is 0.806. The normalized spacial score (nSPS) is 19.0. The molecule has 2 aliphatic rings. The van der Waals surface area contributed by atoms with Gasteiger partial charge in [0, 0.05) is 50.4 Å². The maximum Gasteiger partial charge on any atom is 0.319 e. The topological polar surface area (TPSA) is 111 Å². The number of hydrogen-bond acceptors (Lipinski definition) is 8. The van der Waals surface area contributed by atoms with Gasteiger partial charge in [-0.2, -0.15) is 15.2 Å². The van der Waals surface area contributed by atoms with Crippen molar-refractivity contribution >= 4 is 33.5 Å². The van der Waals surface area contributed by atoms with Gasteiger partial charge in [0.05, 0.1) is 18.5 Å². The molecule has 228 valence electrons. The van der Waals surface area contributed by atoms with Crippen molar-refractivity contribution in [3.8, 4) is 17.8 Å². The zero-order valence-corrected chi connectivity index (χ0v) is 25.4. The summed E-state index contributed by atoms with van der Waals surface area (Å²) in [7, 11) is 2.12. The zero-order chi connectivity index (χ0) is 30.8. The molecule has 6 rings (SSSR count). The van der Waals surface area contributed by atoms with Gasteiger partial charge < -0.3 is 29.1 Å². The standard InChI is InChI=1S/C34H39N7O3/c1-4-30(43)41-16-15-40(21-26(41)12-13-35)33-32-31(36-34(37-33)44-22-27-10-8-14-38(27)3)25(20-39(32)5-2)17-24-19-28(42)18-23-9-6-7-11-29(23)24/h4,6-7,9,11,18-20,26-27,42H,1,5,8,10,12,14-17,21-22H2,2-3H3. The third-order valence-corrected chi connectivity index (χ3v) is 9.05. The van der Waals surface area contributed by atoms with Crippen LogP contribution in [0.3, 0.4) is 0 Å². The predicted octanol–water partition coefficient (Wildman–Crippen LogP) is 4.49. The highest BCUT2D eigenvalue weighted by Crippen LogP contribution is 2.35. The number of likely N-dealkylation sites (tertiary alicyclic amines) is 1. The summed E-state index contributed by atoms with van der Waals surface area (Å²) in [5, 5.41) is 22.2. The van der Waals surface area contributed by atoms with Crippen LogP contribution in [0.15, 0.2) is 55.3 Å². The van der Waals surface area contributed by atoms with Crippen LogP contribution < -0.4 is 9.64 Å². The molecule has 4 aromatic rings. The fraction of sp³-hybridized carbons (Fsp3) is 0.412. The van der Waals surface area contributed by atoms with Gasteiger partial charge in [-0.3, -0.25) is 4.79 Å². The number of nitriles is 1. The average molecular weight is 594 g/mol. The van der Waals surface area contributed by atoms with Gasteiger partial charge in [-0.05, 0) is 67.9 Å². The minimum Gasteiger partial charge on any atom is -0.508 e. The fourth-order valence-corrected chi connectivity index (χ4v) is 6.71. The molecule has 2 aromatic carbocycles. The number of benzene rings is 2. The Morgan fingerprint density at radius 3 is 2.77 bits per heavy atom. The highest BCUT2D eigenvalue weighted by Gasteiger charge is 2.32. The van der Waals surface area contributed by atoms with Crippen molar-refractivity contribution in [1.82, 2.24) is 24.3 Å². The molecular formula is C34H39N7O3. The molecule has 1 amide bonds. The molecular weight excluding hydrogens is 554 g/mol. The largest absolute Gasteiger partial charge is 0.508 e. The first-order chi connectivity index (χ1) is 21.4. The SMILES string of the molecule is C=CC(=O)N1CCN(c2nc(OCC3CCCN3C)nc3c(Cc4cc(O)cc5ccccc45)cn(CC)c23)CC1CC#N. The summed E-state index contributed by atoms with van der Waals surface area (Å²) in [5.41, 5.74) is 3.73. The molecule has 0 bridgehead atoms. The van der Waals surface area contributed by atoms with Gasteiger partial charge in [-0.1, -0.05) is 30.8 Å². The van der Waals surface area contributed by atoms with Crippen LogP contribution in [0.4, 0.5) is 5.82 Å². The number of aromatic nitrogens is 3. The second-order valence-corrected chi connectivity index (χ2v) is 11.8. The van der Waals surface area contributed by atoms with E-state index in [0.29, 0.717) is 51.3 Å². The highest BCUT2D eigenvalue weighted by molar-refractivity contribution is 5.92. The van der Waals surface area contributed by atoms with Crippen LogP contribution >= 0.6 is 0 Å². The monoisotopic (exact) mass is 593 g/mol. The van der Waals surface area contributed by atoms with E-state index in [1.807, 2.05) is 24.3 Å². The number of amides is 1. The number of phenolic OH excluding ortho intramolecular Hbond substituents is 1. The summed E-state index contributed by atoms with van der Waals surface area (Å²) < 4.78 is 8.49. The Morgan fingerprint density at radius 1 is 1.18 bits per heavy atom. The summed E-state index contributed by atoms with van der Waals surface area (Å²) in [6.45, 7) is 9.48. The lowest BCUT2D eigenvalue weighted by Crippen LogP contribution is -2.55. The van der Waals surface area contributed by atoms with E-state index in [0.717, 1.165) is 58.1 Å². The number of phenols is 1. The maximum absolute atomic E-state index is 12.6. The average Bonchev–Trinajstić information content (AvgIpc) is 3.61. The first kappa shape index (κ1) is 29.5. The number of piperazine rings is 1.